The zero-order valence-electron chi connectivity index (χ0n) is 10.4. The zero-order valence-corrected chi connectivity index (χ0v) is 10.4. The molecule has 0 radical (unpaired) electrons. The van der Waals surface area contributed by atoms with Crippen LogP contribution in [0.4, 0.5) is 5.69 Å². The minimum absolute atomic E-state index is 0.0968. The third-order valence-corrected chi connectivity index (χ3v) is 2.97. The highest BCUT2D eigenvalue weighted by Crippen LogP contribution is 2.35. The van der Waals surface area contributed by atoms with Crippen LogP contribution >= 0.6 is 0 Å². The van der Waals surface area contributed by atoms with Crippen LogP contribution in [0.25, 0.3) is 11.1 Å². The summed E-state index contributed by atoms with van der Waals surface area (Å²) < 4.78 is 5.35. The lowest BCUT2D eigenvalue weighted by Crippen LogP contribution is -2.00. The smallest absolute Gasteiger partial charge is 0.126 e. The summed E-state index contributed by atoms with van der Waals surface area (Å²) in [7, 11) is 1.65. The van der Waals surface area contributed by atoms with Crippen molar-refractivity contribution in [2.45, 2.75) is 6.42 Å². The lowest BCUT2D eigenvalue weighted by Gasteiger charge is -2.13. The van der Waals surface area contributed by atoms with Crippen molar-refractivity contribution in [2.75, 3.05) is 19.5 Å². The number of ether oxygens (including phenoxy) is 1. The average molecular weight is 243 g/mol. The molecule has 0 aliphatic heterocycles. The van der Waals surface area contributed by atoms with E-state index in [1.54, 1.807) is 7.11 Å². The predicted molar refractivity (Wildman–Crippen MR) is 73.6 cm³/mol. The molecule has 0 saturated carbocycles. The van der Waals surface area contributed by atoms with Gasteiger partial charge >= 0.3 is 0 Å². The van der Waals surface area contributed by atoms with Gasteiger partial charge in [-0.25, -0.2) is 0 Å². The first-order chi connectivity index (χ1) is 8.77. The molecule has 3 N–H and O–H groups in total. The molecule has 0 atom stereocenters. The Kier molecular flexibility index (Phi) is 3.85. The first kappa shape index (κ1) is 12.5. The van der Waals surface area contributed by atoms with Crippen LogP contribution in [-0.4, -0.2) is 18.8 Å². The average Bonchev–Trinajstić information content (AvgIpc) is 2.41. The Morgan fingerprint density at radius 1 is 1.06 bits per heavy atom. The fourth-order valence-corrected chi connectivity index (χ4v) is 2.05. The van der Waals surface area contributed by atoms with Crippen LogP contribution in [0.3, 0.4) is 0 Å². The molecule has 0 aliphatic carbocycles. The third kappa shape index (κ3) is 2.31. The molecule has 18 heavy (non-hydrogen) atoms. The molecule has 2 aromatic rings. The van der Waals surface area contributed by atoms with Crippen molar-refractivity contribution < 1.29 is 9.84 Å². The van der Waals surface area contributed by atoms with E-state index in [1.807, 2.05) is 42.5 Å². The van der Waals surface area contributed by atoms with E-state index < -0.39 is 0 Å². The molecule has 0 aliphatic rings. The predicted octanol–water partition coefficient (Wildman–Crippen LogP) is 2.48. The van der Waals surface area contributed by atoms with Gasteiger partial charge in [-0.3, -0.25) is 0 Å². The Morgan fingerprint density at radius 2 is 1.78 bits per heavy atom. The van der Waals surface area contributed by atoms with Crippen LogP contribution in [0.2, 0.25) is 0 Å². The summed E-state index contributed by atoms with van der Waals surface area (Å²) in [5.41, 5.74) is 9.73. The Bertz CT molecular complexity index is 538. The standard InChI is InChI=1S/C15H17NO2/c1-18-14-8-3-2-6-12(14)13-7-4-5-11(9-10-17)15(13)16/h2-8,17H,9-10,16H2,1H3. The molecule has 94 valence electrons. The van der Waals surface area contributed by atoms with Crippen LogP contribution < -0.4 is 10.5 Å². The number of nitrogens with two attached hydrogens (primary N) is 1. The molecule has 0 heterocycles. The summed E-state index contributed by atoms with van der Waals surface area (Å²) in [5, 5.41) is 9.03. The number of rotatable bonds is 4. The van der Waals surface area contributed by atoms with Crippen LogP contribution in [0.1, 0.15) is 5.56 Å². The topological polar surface area (TPSA) is 55.5 Å². The van der Waals surface area contributed by atoms with Crippen LogP contribution in [0, 0.1) is 0 Å². The van der Waals surface area contributed by atoms with Crippen molar-refractivity contribution >= 4 is 5.69 Å². The number of hydrogen-bond donors (Lipinski definition) is 2. The van der Waals surface area contributed by atoms with E-state index >= 15 is 0 Å². The van der Waals surface area contributed by atoms with Gasteiger partial charge in [0.25, 0.3) is 0 Å². The fourth-order valence-electron chi connectivity index (χ4n) is 2.05. The van der Waals surface area contributed by atoms with E-state index in [-0.39, 0.29) is 6.61 Å². The summed E-state index contributed by atoms with van der Waals surface area (Å²) in [6.45, 7) is 0.0968. The highest BCUT2D eigenvalue weighted by Gasteiger charge is 2.10. The lowest BCUT2D eigenvalue weighted by molar-refractivity contribution is 0.300. The molecule has 0 aromatic heterocycles. The summed E-state index contributed by atoms with van der Waals surface area (Å²) in [6, 6.07) is 13.6. The quantitative estimate of drug-likeness (QED) is 0.811. The summed E-state index contributed by atoms with van der Waals surface area (Å²) >= 11 is 0. The molecule has 3 heteroatoms. The molecule has 0 spiro atoms. The van der Waals surface area contributed by atoms with Gasteiger partial charge in [-0.15, -0.1) is 0 Å². The number of para-hydroxylation sites is 2. The second kappa shape index (κ2) is 5.56. The van der Waals surface area contributed by atoms with Gasteiger partial charge in [0.05, 0.1) is 7.11 Å². The fraction of sp³-hybridized carbons (Fsp3) is 0.200. The van der Waals surface area contributed by atoms with Crippen molar-refractivity contribution in [3.05, 3.63) is 48.0 Å². The highest BCUT2D eigenvalue weighted by atomic mass is 16.5. The van der Waals surface area contributed by atoms with Gasteiger partial charge in [-0.05, 0) is 18.1 Å². The van der Waals surface area contributed by atoms with E-state index in [1.165, 1.54) is 0 Å². The van der Waals surface area contributed by atoms with Gasteiger partial charge < -0.3 is 15.6 Å². The number of methoxy groups -OCH3 is 1. The maximum Gasteiger partial charge on any atom is 0.126 e. The maximum absolute atomic E-state index is 9.03. The minimum Gasteiger partial charge on any atom is -0.496 e. The zero-order chi connectivity index (χ0) is 13.0. The second-order valence-corrected chi connectivity index (χ2v) is 4.05. The van der Waals surface area contributed by atoms with Gasteiger partial charge in [0, 0.05) is 23.4 Å². The SMILES string of the molecule is COc1ccccc1-c1cccc(CCO)c1N. The number of aliphatic hydroxyl groups excluding tert-OH is 1. The van der Waals surface area contributed by atoms with Crippen molar-refractivity contribution in [1.29, 1.82) is 0 Å². The molecule has 0 bridgehead atoms. The summed E-state index contributed by atoms with van der Waals surface area (Å²) in [5.74, 6) is 0.797. The molecule has 2 aromatic carbocycles. The molecule has 0 unspecified atom stereocenters. The van der Waals surface area contributed by atoms with Crippen molar-refractivity contribution in [3.63, 3.8) is 0 Å². The second-order valence-electron chi connectivity index (χ2n) is 4.05. The Labute approximate surface area is 107 Å². The van der Waals surface area contributed by atoms with Crippen molar-refractivity contribution in [2.24, 2.45) is 0 Å². The first-order valence-corrected chi connectivity index (χ1v) is 5.89. The first-order valence-electron chi connectivity index (χ1n) is 5.89. The molecule has 2 rings (SSSR count). The largest absolute Gasteiger partial charge is 0.496 e. The molecule has 3 nitrogen and oxygen atoms in total. The van der Waals surface area contributed by atoms with Crippen LogP contribution in [0.15, 0.2) is 42.5 Å². The Hall–Kier alpha value is -2.00. The highest BCUT2D eigenvalue weighted by molar-refractivity contribution is 5.82. The Morgan fingerprint density at radius 3 is 2.50 bits per heavy atom. The van der Waals surface area contributed by atoms with E-state index in [9.17, 15) is 0 Å². The van der Waals surface area contributed by atoms with E-state index in [0.717, 1.165) is 22.4 Å². The summed E-state index contributed by atoms with van der Waals surface area (Å²) in [4.78, 5) is 0. The monoisotopic (exact) mass is 243 g/mol. The van der Waals surface area contributed by atoms with Gasteiger partial charge in [0.2, 0.25) is 0 Å². The number of aliphatic hydroxyl groups is 1. The number of nitrogen functional groups attached to an aromatic ring is 1. The number of benzene rings is 2. The Balaban J connectivity index is 2.53. The number of hydrogen-bond acceptors (Lipinski definition) is 3. The van der Waals surface area contributed by atoms with Gasteiger partial charge in [-0.2, -0.15) is 0 Å². The van der Waals surface area contributed by atoms with Gasteiger partial charge in [0.1, 0.15) is 5.75 Å². The molecule has 0 amide bonds. The lowest BCUT2D eigenvalue weighted by atomic mass is 9.98. The van der Waals surface area contributed by atoms with Crippen LogP contribution in [0.5, 0.6) is 5.75 Å². The van der Waals surface area contributed by atoms with E-state index in [2.05, 4.69) is 0 Å². The molecule has 0 fully saturated rings. The van der Waals surface area contributed by atoms with Crippen molar-refractivity contribution in [1.82, 2.24) is 0 Å². The third-order valence-electron chi connectivity index (χ3n) is 2.97. The molecule has 0 saturated heterocycles. The maximum atomic E-state index is 9.03. The van der Waals surface area contributed by atoms with Gasteiger partial charge in [0.15, 0.2) is 0 Å². The minimum atomic E-state index is 0.0968. The molecular formula is C15H17NO2. The number of anilines is 1. The normalized spacial score (nSPS) is 10.3. The van der Waals surface area contributed by atoms with E-state index in [0.29, 0.717) is 12.1 Å². The van der Waals surface area contributed by atoms with Crippen LogP contribution in [-0.2, 0) is 6.42 Å². The van der Waals surface area contributed by atoms with E-state index in [4.69, 9.17) is 15.6 Å². The summed E-state index contributed by atoms with van der Waals surface area (Å²) in [6.07, 6.45) is 0.564. The van der Waals surface area contributed by atoms with Gasteiger partial charge in [-0.1, -0.05) is 36.4 Å². The molecular weight excluding hydrogens is 226 g/mol. The van der Waals surface area contributed by atoms with Crippen molar-refractivity contribution in [3.8, 4) is 16.9 Å².